The molecule has 0 atom stereocenters. The molecule has 1 rings (SSSR count). The third-order valence-electron chi connectivity index (χ3n) is 2.69. The minimum atomic E-state index is 0.905. The van der Waals surface area contributed by atoms with Crippen LogP contribution in [0.1, 0.15) is 38.7 Å². The fourth-order valence-corrected chi connectivity index (χ4v) is 1.71. The molecule has 1 aromatic carbocycles. The Balaban J connectivity index is 2.85. The predicted octanol–water partition coefficient (Wildman–Crippen LogP) is 4.84. The van der Waals surface area contributed by atoms with Crippen LogP contribution < -0.4 is 4.74 Å². The number of hydrogen-bond acceptors (Lipinski definition) is 1. The molecule has 0 aromatic heterocycles. The Kier molecular flexibility index (Phi) is 6.16. The number of unbranched alkanes of at least 4 members (excludes halogenated alkanes) is 2. The van der Waals surface area contributed by atoms with Crippen LogP contribution in [0.3, 0.4) is 0 Å². The molecule has 92 valence electrons. The van der Waals surface area contributed by atoms with Gasteiger partial charge in [-0.15, -0.1) is 0 Å². The molecule has 0 N–H and O–H groups in total. The monoisotopic (exact) mass is 230 g/mol. The Morgan fingerprint density at radius 3 is 2.47 bits per heavy atom. The first kappa shape index (κ1) is 13.6. The van der Waals surface area contributed by atoms with Crippen LogP contribution in [0, 0.1) is 0 Å². The Labute approximate surface area is 105 Å². The summed E-state index contributed by atoms with van der Waals surface area (Å²) >= 11 is 0. The second kappa shape index (κ2) is 7.72. The van der Waals surface area contributed by atoms with Gasteiger partial charge in [-0.25, -0.2) is 0 Å². The standard InChI is InChI=1S/C16H22O/c1-4-6-7-9-14(8-5-2)15-10-12-16(17-3)13-11-15/h5,8-13H,4,6-7H2,1-3H3/b8-5-,14-9+. The van der Waals surface area contributed by atoms with Crippen molar-refractivity contribution >= 4 is 5.57 Å². The molecule has 0 bridgehead atoms. The number of benzene rings is 1. The molecule has 0 unspecified atom stereocenters. The van der Waals surface area contributed by atoms with Crippen LogP contribution in [-0.2, 0) is 0 Å². The summed E-state index contributed by atoms with van der Waals surface area (Å²) in [4.78, 5) is 0. The number of hydrogen-bond donors (Lipinski definition) is 0. The lowest BCUT2D eigenvalue weighted by molar-refractivity contribution is 0.415. The zero-order valence-electron chi connectivity index (χ0n) is 11.1. The van der Waals surface area contributed by atoms with Crippen molar-refractivity contribution in [2.45, 2.75) is 33.1 Å². The second-order valence-electron chi connectivity index (χ2n) is 4.03. The van der Waals surface area contributed by atoms with E-state index in [1.54, 1.807) is 7.11 Å². The molecule has 0 aliphatic rings. The van der Waals surface area contributed by atoms with Gasteiger partial charge in [0.25, 0.3) is 0 Å². The molecule has 0 aliphatic heterocycles. The van der Waals surface area contributed by atoms with Crippen molar-refractivity contribution in [3.63, 3.8) is 0 Å². The van der Waals surface area contributed by atoms with Crippen molar-refractivity contribution in [2.24, 2.45) is 0 Å². The van der Waals surface area contributed by atoms with E-state index in [1.807, 2.05) is 12.1 Å². The van der Waals surface area contributed by atoms with Gasteiger partial charge in [-0.2, -0.15) is 0 Å². The largest absolute Gasteiger partial charge is 0.497 e. The molecule has 0 aliphatic carbocycles. The SMILES string of the molecule is C/C=C\C(=C/CCCC)c1ccc(OC)cc1. The quantitative estimate of drug-likeness (QED) is 0.501. The van der Waals surface area contributed by atoms with Crippen LogP contribution in [0.4, 0.5) is 0 Å². The van der Waals surface area contributed by atoms with Gasteiger partial charge >= 0.3 is 0 Å². The van der Waals surface area contributed by atoms with Crippen LogP contribution in [0.2, 0.25) is 0 Å². The van der Waals surface area contributed by atoms with Crippen LogP contribution in [0.25, 0.3) is 5.57 Å². The minimum Gasteiger partial charge on any atom is -0.497 e. The van der Waals surface area contributed by atoms with E-state index in [0.29, 0.717) is 0 Å². The lowest BCUT2D eigenvalue weighted by Crippen LogP contribution is -1.85. The van der Waals surface area contributed by atoms with Gasteiger partial charge in [0.15, 0.2) is 0 Å². The predicted molar refractivity (Wildman–Crippen MR) is 75.3 cm³/mol. The van der Waals surface area contributed by atoms with Crippen LogP contribution in [0.5, 0.6) is 5.75 Å². The van der Waals surface area contributed by atoms with E-state index in [-0.39, 0.29) is 0 Å². The molecule has 0 heterocycles. The lowest BCUT2D eigenvalue weighted by Gasteiger charge is -2.05. The highest BCUT2D eigenvalue weighted by Gasteiger charge is 1.98. The van der Waals surface area contributed by atoms with Crippen molar-refractivity contribution in [1.29, 1.82) is 0 Å². The summed E-state index contributed by atoms with van der Waals surface area (Å²) in [6.45, 7) is 4.27. The fourth-order valence-electron chi connectivity index (χ4n) is 1.71. The summed E-state index contributed by atoms with van der Waals surface area (Å²) in [5.41, 5.74) is 2.55. The molecular formula is C16H22O. The molecule has 0 radical (unpaired) electrons. The van der Waals surface area contributed by atoms with Crippen molar-refractivity contribution in [2.75, 3.05) is 7.11 Å². The van der Waals surface area contributed by atoms with Gasteiger partial charge in [0.05, 0.1) is 7.11 Å². The molecule has 0 amide bonds. The van der Waals surface area contributed by atoms with Crippen molar-refractivity contribution < 1.29 is 4.74 Å². The molecule has 0 saturated heterocycles. The first-order chi connectivity index (χ1) is 8.31. The summed E-state index contributed by atoms with van der Waals surface area (Å²) in [5, 5.41) is 0. The van der Waals surface area contributed by atoms with Crippen molar-refractivity contribution in [3.8, 4) is 5.75 Å². The first-order valence-corrected chi connectivity index (χ1v) is 6.29. The van der Waals surface area contributed by atoms with Gasteiger partial charge in [0.2, 0.25) is 0 Å². The number of allylic oxidation sites excluding steroid dienone is 4. The summed E-state index contributed by atoms with van der Waals surface area (Å²) in [6, 6.07) is 8.23. The summed E-state index contributed by atoms with van der Waals surface area (Å²) in [6.07, 6.45) is 10.2. The average Bonchev–Trinajstić information content (AvgIpc) is 2.38. The Hall–Kier alpha value is -1.50. The highest BCUT2D eigenvalue weighted by molar-refractivity contribution is 5.74. The highest BCUT2D eigenvalue weighted by Crippen LogP contribution is 2.20. The molecule has 17 heavy (non-hydrogen) atoms. The summed E-state index contributed by atoms with van der Waals surface area (Å²) in [5.74, 6) is 0.905. The Bertz CT molecular complexity index is 371. The zero-order chi connectivity index (χ0) is 12.5. The third kappa shape index (κ3) is 4.48. The second-order valence-corrected chi connectivity index (χ2v) is 4.03. The van der Waals surface area contributed by atoms with Gasteiger partial charge in [-0.05, 0) is 36.6 Å². The minimum absolute atomic E-state index is 0.905. The van der Waals surface area contributed by atoms with E-state index in [2.05, 4.69) is 44.2 Å². The fraction of sp³-hybridized carbons (Fsp3) is 0.375. The molecular weight excluding hydrogens is 208 g/mol. The molecule has 1 aromatic rings. The Morgan fingerprint density at radius 1 is 1.24 bits per heavy atom. The van der Waals surface area contributed by atoms with Gasteiger partial charge in [-0.3, -0.25) is 0 Å². The molecule has 1 nitrogen and oxygen atoms in total. The number of methoxy groups -OCH3 is 1. The maximum atomic E-state index is 5.17. The van der Waals surface area contributed by atoms with E-state index in [0.717, 1.165) is 12.2 Å². The van der Waals surface area contributed by atoms with E-state index < -0.39 is 0 Å². The van der Waals surface area contributed by atoms with Crippen LogP contribution >= 0.6 is 0 Å². The maximum absolute atomic E-state index is 5.17. The van der Waals surface area contributed by atoms with E-state index in [9.17, 15) is 0 Å². The normalized spacial score (nSPS) is 12.1. The van der Waals surface area contributed by atoms with Crippen LogP contribution in [0.15, 0.2) is 42.5 Å². The van der Waals surface area contributed by atoms with Gasteiger partial charge in [-0.1, -0.05) is 50.1 Å². The average molecular weight is 230 g/mol. The van der Waals surface area contributed by atoms with Gasteiger partial charge < -0.3 is 4.74 Å². The topological polar surface area (TPSA) is 9.23 Å². The molecule has 0 fully saturated rings. The highest BCUT2D eigenvalue weighted by atomic mass is 16.5. The Morgan fingerprint density at radius 2 is 1.94 bits per heavy atom. The first-order valence-electron chi connectivity index (χ1n) is 6.29. The van der Waals surface area contributed by atoms with Crippen LogP contribution in [-0.4, -0.2) is 7.11 Å². The van der Waals surface area contributed by atoms with E-state index in [1.165, 1.54) is 24.0 Å². The summed E-state index contributed by atoms with van der Waals surface area (Å²) < 4.78 is 5.17. The number of rotatable bonds is 6. The zero-order valence-corrected chi connectivity index (χ0v) is 11.1. The smallest absolute Gasteiger partial charge is 0.118 e. The molecule has 0 saturated carbocycles. The lowest BCUT2D eigenvalue weighted by atomic mass is 10.0. The third-order valence-corrected chi connectivity index (χ3v) is 2.69. The van der Waals surface area contributed by atoms with Gasteiger partial charge in [0, 0.05) is 0 Å². The maximum Gasteiger partial charge on any atom is 0.118 e. The molecule has 1 heteroatoms. The molecule has 0 spiro atoms. The van der Waals surface area contributed by atoms with E-state index in [4.69, 9.17) is 4.74 Å². The van der Waals surface area contributed by atoms with Crippen molar-refractivity contribution in [3.05, 3.63) is 48.1 Å². The van der Waals surface area contributed by atoms with Crippen molar-refractivity contribution in [1.82, 2.24) is 0 Å². The summed E-state index contributed by atoms with van der Waals surface area (Å²) in [7, 11) is 1.69. The van der Waals surface area contributed by atoms with Gasteiger partial charge in [0.1, 0.15) is 5.75 Å². The van der Waals surface area contributed by atoms with E-state index >= 15 is 0 Å². The number of ether oxygens (including phenoxy) is 1.